The highest BCUT2D eigenvalue weighted by Crippen LogP contribution is 2.44. The minimum absolute atomic E-state index is 0.0373. The van der Waals surface area contributed by atoms with Gasteiger partial charge in [0.2, 0.25) is 11.9 Å². The number of benzene rings is 4. The molecule has 3 heterocycles. The summed E-state index contributed by atoms with van der Waals surface area (Å²) in [6, 6.07) is 31.4. The number of aromatic nitrogens is 4. The van der Waals surface area contributed by atoms with Gasteiger partial charge in [-0.1, -0.05) is 80.0 Å². The number of anilines is 1. The zero-order valence-electron chi connectivity index (χ0n) is 31.5. The minimum Gasteiger partial charge on any atom is -0.497 e. The van der Waals surface area contributed by atoms with Crippen LogP contribution in [0.1, 0.15) is 43.2 Å². The highest BCUT2D eigenvalue weighted by molar-refractivity contribution is 7.33. The Morgan fingerprint density at radius 1 is 0.930 bits per heavy atom. The molecule has 1 aliphatic rings. The lowest BCUT2D eigenvalue weighted by Crippen LogP contribution is -2.38. The zero-order chi connectivity index (χ0) is 40.1. The molecule has 1 amide bonds. The average molecular weight is 813 g/mol. The first-order valence-corrected chi connectivity index (χ1v) is 19.5. The van der Waals surface area contributed by atoms with Gasteiger partial charge in [-0.3, -0.25) is 24.5 Å². The SMILES string of the molecule is COc1ccc(C(OC[C@H]2O[C@@H](n3cnc4c(=O)[nH]c(NC(=O)C(C)C)nc43)C[C@@H]2O[P+](=O)Oc2ccc(Cl)cc2)(c2ccccc2)c2ccc(OC)cc2)cc1. The molecular formula is C41H40ClN5O9P+. The Morgan fingerprint density at radius 3 is 2.12 bits per heavy atom. The number of amides is 1. The molecule has 57 heavy (non-hydrogen) atoms. The lowest BCUT2D eigenvalue weighted by molar-refractivity contribution is -0.118. The summed E-state index contributed by atoms with van der Waals surface area (Å²) in [7, 11) is 0.484. The van der Waals surface area contributed by atoms with Crippen molar-refractivity contribution >= 4 is 42.9 Å². The first-order valence-electron chi connectivity index (χ1n) is 18.1. The van der Waals surface area contributed by atoms with Gasteiger partial charge in [0.15, 0.2) is 16.9 Å². The average Bonchev–Trinajstić information content (AvgIpc) is 3.84. The predicted octanol–water partition coefficient (Wildman–Crippen LogP) is 7.80. The maximum atomic E-state index is 13.5. The van der Waals surface area contributed by atoms with Crippen LogP contribution in [0.15, 0.2) is 114 Å². The summed E-state index contributed by atoms with van der Waals surface area (Å²) in [5.41, 5.74) is 0.873. The number of nitrogens with zero attached hydrogens (tertiary/aromatic N) is 3. The third kappa shape index (κ3) is 8.55. The van der Waals surface area contributed by atoms with Crippen molar-refractivity contribution in [3.63, 3.8) is 0 Å². The van der Waals surface area contributed by atoms with Crippen molar-refractivity contribution in [1.29, 1.82) is 0 Å². The smallest absolute Gasteiger partial charge is 0.497 e. The van der Waals surface area contributed by atoms with Gasteiger partial charge in [0.1, 0.15) is 35.5 Å². The van der Waals surface area contributed by atoms with Crippen LogP contribution >= 0.6 is 19.9 Å². The summed E-state index contributed by atoms with van der Waals surface area (Å²) in [6.07, 6.45) is -0.953. The maximum Gasteiger partial charge on any atom is 0.750 e. The van der Waals surface area contributed by atoms with Crippen LogP contribution in [0.2, 0.25) is 5.02 Å². The molecule has 1 saturated heterocycles. The number of hydrogen-bond acceptors (Lipinski definition) is 11. The third-order valence-corrected chi connectivity index (χ3v) is 10.6. The van der Waals surface area contributed by atoms with Gasteiger partial charge in [0.05, 0.1) is 27.2 Å². The number of halogens is 1. The molecule has 2 aromatic heterocycles. The van der Waals surface area contributed by atoms with Crippen LogP contribution < -0.4 is 24.9 Å². The molecule has 1 fully saturated rings. The Kier molecular flexibility index (Phi) is 12.0. The third-order valence-electron chi connectivity index (χ3n) is 9.54. The number of H-pyrrole nitrogens is 1. The van der Waals surface area contributed by atoms with Crippen LogP contribution in [-0.2, 0) is 29.0 Å². The summed E-state index contributed by atoms with van der Waals surface area (Å²) in [4.78, 5) is 36.9. The van der Waals surface area contributed by atoms with Gasteiger partial charge in [-0.2, -0.15) is 4.98 Å². The number of nitrogens with one attached hydrogen (secondary N) is 2. The molecule has 4 aromatic carbocycles. The van der Waals surface area contributed by atoms with E-state index in [2.05, 4.69) is 20.3 Å². The summed E-state index contributed by atoms with van der Waals surface area (Å²) < 4.78 is 51.6. The van der Waals surface area contributed by atoms with E-state index in [1.54, 1.807) is 56.9 Å². The molecule has 294 valence electrons. The number of fused-ring (bicyclic) bond motifs is 1. The lowest BCUT2D eigenvalue weighted by atomic mass is 9.80. The van der Waals surface area contributed by atoms with Crippen molar-refractivity contribution in [2.24, 2.45) is 5.92 Å². The Morgan fingerprint density at radius 2 is 1.53 bits per heavy atom. The summed E-state index contributed by atoms with van der Waals surface area (Å²) >= 11 is 6.05. The second kappa shape index (κ2) is 17.2. The molecule has 6 aromatic rings. The minimum atomic E-state index is -2.72. The number of rotatable bonds is 15. The first-order chi connectivity index (χ1) is 27.6. The van der Waals surface area contributed by atoms with Crippen LogP contribution in [0.4, 0.5) is 5.95 Å². The first kappa shape index (κ1) is 39.6. The molecular weight excluding hydrogens is 773 g/mol. The number of hydrogen-bond donors (Lipinski definition) is 2. The highest BCUT2D eigenvalue weighted by Gasteiger charge is 2.47. The molecule has 1 aliphatic heterocycles. The number of ether oxygens (including phenoxy) is 4. The fraction of sp³-hybridized carbons (Fsp3) is 0.268. The molecule has 1 unspecified atom stereocenters. The van der Waals surface area contributed by atoms with Crippen molar-refractivity contribution in [2.75, 3.05) is 26.1 Å². The monoisotopic (exact) mass is 812 g/mol. The standard InChI is InChI=1S/C41H39ClN5O9P/c1-25(2)38(48)45-40-44-37-36(39(49)46-40)43-24-47(37)35-22-33(56-57(50)55-32-20-14-29(42)15-21-32)34(54-35)23-53-41(26-8-6-5-7-9-26,27-10-16-30(51-3)17-11-27)28-12-18-31(52-4)19-13-28/h5-21,24-25,33-35H,22-23H2,1-4H3,(H-,44,45,46,48,49)/p+1/t33-,34+,35+/m0/s1. The second-order valence-corrected chi connectivity index (χ2v) is 14.8. The van der Waals surface area contributed by atoms with E-state index in [1.165, 1.54) is 6.33 Å². The van der Waals surface area contributed by atoms with E-state index in [0.29, 0.717) is 22.3 Å². The molecule has 2 N–H and O–H groups in total. The fourth-order valence-electron chi connectivity index (χ4n) is 6.58. The molecule has 4 atom stereocenters. The molecule has 0 spiro atoms. The Balaban J connectivity index is 1.27. The Labute approximate surface area is 334 Å². The number of carbonyl (C=O) groups is 1. The Hall–Kier alpha value is -5.63. The number of aromatic amines is 1. The van der Waals surface area contributed by atoms with Crippen LogP contribution in [0.3, 0.4) is 0 Å². The van der Waals surface area contributed by atoms with Gasteiger partial charge in [0.25, 0.3) is 5.56 Å². The van der Waals surface area contributed by atoms with Crippen molar-refractivity contribution in [3.8, 4) is 17.2 Å². The topological polar surface area (TPSA) is 165 Å². The van der Waals surface area contributed by atoms with Crippen LogP contribution in [0.25, 0.3) is 11.2 Å². The van der Waals surface area contributed by atoms with Gasteiger partial charge in [-0.25, -0.2) is 9.51 Å². The van der Waals surface area contributed by atoms with Gasteiger partial charge in [-0.05, 0) is 65.2 Å². The lowest BCUT2D eigenvalue weighted by Gasteiger charge is -2.37. The summed E-state index contributed by atoms with van der Waals surface area (Å²) in [6.45, 7) is 3.37. The highest BCUT2D eigenvalue weighted by atomic mass is 35.5. The van der Waals surface area contributed by atoms with E-state index >= 15 is 0 Å². The van der Waals surface area contributed by atoms with E-state index in [-0.39, 0.29) is 42.0 Å². The molecule has 0 aliphatic carbocycles. The summed E-state index contributed by atoms with van der Waals surface area (Å²) in [5.74, 6) is 0.912. The summed E-state index contributed by atoms with van der Waals surface area (Å²) in [5, 5.41) is 3.13. The van der Waals surface area contributed by atoms with Crippen molar-refractivity contribution in [2.45, 2.75) is 44.3 Å². The second-order valence-electron chi connectivity index (χ2n) is 13.5. The van der Waals surface area contributed by atoms with E-state index in [9.17, 15) is 14.2 Å². The van der Waals surface area contributed by atoms with Gasteiger partial charge < -0.3 is 18.9 Å². The zero-order valence-corrected chi connectivity index (χ0v) is 33.1. The quantitative estimate of drug-likeness (QED) is 0.0768. The van der Waals surface area contributed by atoms with Crippen molar-refractivity contribution < 1.29 is 37.4 Å². The molecule has 14 nitrogen and oxygen atoms in total. The Bertz CT molecular complexity index is 2340. The largest absolute Gasteiger partial charge is 0.750 e. The number of imidazole rings is 1. The van der Waals surface area contributed by atoms with Crippen LogP contribution in [0.5, 0.6) is 17.2 Å². The molecule has 0 bridgehead atoms. The van der Waals surface area contributed by atoms with Gasteiger partial charge in [0, 0.05) is 21.9 Å². The molecule has 16 heteroatoms. The number of methoxy groups -OCH3 is 2. The molecule has 7 rings (SSSR count). The van der Waals surface area contributed by atoms with Crippen molar-refractivity contribution in [3.05, 3.63) is 142 Å². The van der Waals surface area contributed by atoms with Gasteiger partial charge >= 0.3 is 8.25 Å². The maximum absolute atomic E-state index is 13.5. The number of carbonyl (C=O) groups excluding carboxylic acids is 1. The fourth-order valence-corrected chi connectivity index (χ4v) is 7.49. The van der Waals surface area contributed by atoms with Crippen LogP contribution in [0, 0.1) is 5.92 Å². The van der Waals surface area contributed by atoms with Crippen LogP contribution in [-0.4, -0.2) is 58.5 Å². The van der Waals surface area contributed by atoms with Gasteiger partial charge in [-0.15, -0.1) is 4.52 Å². The van der Waals surface area contributed by atoms with E-state index in [1.807, 2.05) is 78.9 Å². The van der Waals surface area contributed by atoms with E-state index < -0.39 is 37.9 Å². The predicted molar refractivity (Wildman–Crippen MR) is 213 cm³/mol. The van der Waals surface area contributed by atoms with E-state index in [0.717, 1.165) is 16.7 Å². The molecule has 0 radical (unpaired) electrons. The van der Waals surface area contributed by atoms with Crippen molar-refractivity contribution in [1.82, 2.24) is 19.5 Å². The molecule has 0 saturated carbocycles. The van der Waals surface area contributed by atoms with E-state index in [4.69, 9.17) is 39.6 Å². The normalized spacial score (nSPS) is 17.1.